The van der Waals surface area contributed by atoms with Crippen molar-refractivity contribution in [2.45, 2.75) is 57.0 Å². The molecule has 1 amide bonds. The molecule has 4 saturated heterocycles. The average molecular weight is 400 g/mol. The van der Waals surface area contributed by atoms with Crippen LogP contribution in [0, 0.1) is 17.7 Å². The van der Waals surface area contributed by atoms with E-state index < -0.39 is 0 Å². The van der Waals surface area contributed by atoms with E-state index >= 15 is 0 Å². The Morgan fingerprint density at radius 2 is 1.83 bits per heavy atom. The smallest absolute Gasteiger partial charge is 0.236 e. The molecule has 158 valence electrons. The van der Waals surface area contributed by atoms with Crippen molar-refractivity contribution < 1.29 is 9.18 Å². The molecule has 4 nitrogen and oxygen atoms in total. The second kappa shape index (κ2) is 8.35. The fraction of sp³-hybridized carbons (Fsp3) is 0.708. The molecule has 0 saturated carbocycles. The van der Waals surface area contributed by atoms with Crippen LogP contribution in [0.5, 0.6) is 0 Å². The molecule has 5 rings (SSSR count). The quantitative estimate of drug-likeness (QED) is 0.778. The molecule has 29 heavy (non-hydrogen) atoms. The van der Waals surface area contributed by atoms with Crippen LogP contribution in [0.2, 0.25) is 0 Å². The molecular formula is C24H34FN3O. The molecule has 1 aromatic carbocycles. The summed E-state index contributed by atoms with van der Waals surface area (Å²) in [4.78, 5) is 20.0. The Bertz CT molecular complexity index is 735. The summed E-state index contributed by atoms with van der Waals surface area (Å²) < 4.78 is 13.8. The number of amides is 1. The number of fused-ring (bicyclic) bond motifs is 4. The molecule has 4 aliphatic rings. The monoisotopic (exact) mass is 399 g/mol. The third-order valence-electron chi connectivity index (χ3n) is 7.85. The zero-order valence-electron chi connectivity index (χ0n) is 17.4. The lowest BCUT2D eigenvalue weighted by atomic mass is 9.71. The maximum atomic E-state index is 13.8. The summed E-state index contributed by atoms with van der Waals surface area (Å²) in [5.41, 5.74) is 1.11. The van der Waals surface area contributed by atoms with Gasteiger partial charge in [-0.2, -0.15) is 0 Å². The number of hydrogen-bond acceptors (Lipinski definition) is 3. The number of halogens is 1. The average Bonchev–Trinajstić information content (AvgIpc) is 3.26. The van der Waals surface area contributed by atoms with Crippen molar-refractivity contribution in [2.75, 3.05) is 39.3 Å². The Kier molecular flexibility index (Phi) is 5.61. The molecule has 4 heterocycles. The summed E-state index contributed by atoms with van der Waals surface area (Å²) in [5, 5.41) is 0. The highest BCUT2D eigenvalue weighted by Gasteiger charge is 2.47. The largest absolute Gasteiger partial charge is 0.342 e. The van der Waals surface area contributed by atoms with Crippen molar-refractivity contribution in [3.63, 3.8) is 0 Å². The van der Waals surface area contributed by atoms with Crippen LogP contribution in [0.4, 0.5) is 4.39 Å². The molecule has 0 spiro atoms. The number of likely N-dealkylation sites (tertiary alicyclic amines) is 2. The Hall–Kier alpha value is -1.46. The topological polar surface area (TPSA) is 26.8 Å². The maximum Gasteiger partial charge on any atom is 0.236 e. The second-order valence-corrected chi connectivity index (χ2v) is 9.74. The number of nitrogens with zero attached hydrogens (tertiary/aromatic N) is 3. The molecule has 4 atom stereocenters. The van der Waals surface area contributed by atoms with Gasteiger partial charge < -0.3 is 4.90 Å². The minimum atomic E-state index is -0.132. The van der Waals surface area contributed by atoms with Gasteiger partial charge >= 0.3 is 0 Å². The van der Waals surface area contributed by atoms with E-state index in [-0.39, 0.29) is 5.82 Å². The third kappa shape index (κ3) is 4.09. The highest BCUT2D eigenvalue weighted by Crippen LogP contribution is 2.42. The van der Waals surface area contributed by atoms with E-state index in [1.54, 1.807) is 6.07 Å². The molecule has 4 aliphatic heterocycles. The van der Waals surface area contributed by atoms with Crippen LogP contribution in [0.3, 0.4) is 0 Å². The van der Waals surface area contributed by atoms with Crippen LogP contribution in [0.15, 0.2) is 24.3 Å². The summed E-state index contributed by atoms with van der Waals surface area (Å²) in [5.74, 6) is 1.46. The lowest BCUT2D eigenvalue weighted by molar-refractivity contribution is -0.134. The maximum absolute atomic E-state index is 13.8. The minimum absolute atomic E-state index is 0.132. The highest BCUT2D eigenvalue weighted by atomic mass is 19.1. The van der Waals surface area contributed by atoms with Crippen LogP contribution in [-0.2, 0) is 11.2 Å². The van der Waals surface area contributed by atoms with Gasteiger partial charge in [-0.25, -0.2) is 4.39 Å². The first-order chi connectivity index (χ1) is 14.2. The number of rotatable bonds is 4. The second-order valence-electron chi connectivity index (χ2n) is 9.74. The Morgan fingerprint density at radius 1 is 1.03 bits per heavy atom. The van der Waals surface area contributed by atoms with Crippen LogP contribution < -0.4 is 0 Å². The van der Waals surface area contributed by atoms with Crippen LogP contribution in [-0.4, -0.2) is 72.0 Å². The molecule has 0 aromatic heterocycles. The van der Waals surface area contributed by atoms with Gasteiger partial charge in [-0.05, 0) is 74.6 Å². The first-order valence-corrected chi connectivity index (χ1v) is 11.7. The zero-order chi connectivity index (χ0) is 19.8. The van der Waals surface area contributed by atoms with Crippen molar-refractivity contribution in [3.8, 4) is 0 Å². The van der Waals surface area contributed by atoms with Gasteiger partial charge in [0, 0.05) is 38.3 Å². The van der Waals surface area contributed by atoms with Crippen molar-refractivity contribution in [3.05, 3.63) is 35.6 Å². The van der Waals surface area contributed by atoms with Gasteiger partial charge in [-0.15, -0.1) is 0 Å². The molecule has 1 aromatic rings. The minimum Gasteiger partial charge on any atom is -0.342 e. The molecule has 0 radical (unpaired) electrons. The van der Waals surface area contributed by atoms with E-state index in [4.69, 9.17) is 0 Å². The van der Waals surface area contributed by atoms with E-state index in [9.17, 15) is 9.18 Å². The number of piperidine rings is 3. The number of carbonyl (C=O) groups excluding carboxylic acids is 1. The van der Waals surface area contributed by atoms with E-state index in [0.717, 1.165) is 51.0 Å². The standard InChI is InChI=1S/C24H34FN3O/c25-21-7-5-6-18(12-21)13-23-20-14-19(22-8-1-2-11-28(22)23)15-26(16-20)17-24(29)27-9-3-4-10-27/h5-7,12,19-20,22-23H,1-4,8-11,13-17H2/t19-,20+,22+,23+/m1/s1. The van der Waals surface area contributed by atoms with Crippen molar-refractivity contribution >= 4 is 5.91 Å². The SMILES string of the molecule is O=C(CN1C[C@H]2C[C@@H](C1)[C@H](Cc1cccc(F)c1)N1CCCC[C@@H]21)N1CCCC1. The van der Waals surface area contributed by atoms with Gasteiger partial charge in [0.15, 0.2) is 0 Å². The number of benzene rings is 1. The molecule has 2 bridgehead atoms. The lowest BCUT2D eigenvalue weighted by Gasteiger charge is -2.57. The van der Waals surface area contributed by atoms with Gasteiger partial charge in [0.25, 0.3) is 0 Å². The third-order valence-corrected chi connectivity index (χ3v) is 7.85. The van der Waals surface area contributed by atoms with Crippen molar-refractivity contribution in [2.24, 2.45) is 11.8 Å². The van der Waals surface area contributed by atoms with E-state index in [2.05, 4.69) is 20.8 Å². The molecular weight excluding hydrogens is 365 g/mol. The first kappa shape index (κ1) is 19.5. The van der Waals surface area contributed by atoms with Gasteiger partial charge in [0.05, 0.1) is 6.54 Å². The van der Waals surface area contributed by atoms with Crippen LogP contribution in [0.1, 0.15) is 44.1 Å². The van der Waals surface area contributed by atoms with Gasteiger partial charge in [-0.3, -0.25) is 14.6 Å². The normalized spacial score (nSPS) is 32.9. The summed E-state index contributed by atoms with van der Waals surface area (Å²) in [6, 6.07) is 8.28. The highest BCUT2D eigenvalue weighted by molar-refractivity contribution is 5.78. The van der Waals surface area contributed by atoms with Crippen LogP contribution >= 0.6 is 0 Å². The molecule has 0 unspecified atom stereocenters. The molecule has 0 aliphatic carbocycles. The Labute approximate surface area is 174 Å². The molecule has 0 N–H and O–H groups in total. The van der Waals surface area contributed by atoms with Crippen molar-refractivity contribution in [1.29, 1.82) is 0 Å². The van der Waals surface area contributed by atoms with Crippen LogP contribution in [0.25, 0.3) is 0 Å². The summed E-state index contributed by atoms with van der Waals surface area (Å²) >= 11 is 0. The zero-order valence-corrected chi connectivity index (χ0v) is 17.4. The predicted molar refractivity (Wildman–Crippen MR) is 112 cm³/mol. The Balaban J connectivity index is 1.33. The summed E-state index contributed by atoms with van der Waals surface area (Å²) in [6.45, 7) is 5.75. The Morgan fingerprint density at radius 3 is 2.66 bits per heavy atom. The molecule has 5 heteroatoms. The predicted octanol–water partition coefficient (Wildman–Crippen LogP) is 3.17. The van der Waals surface area contributed by atoms with E-state index in [1.807, 2.05) is 6.07 Å². The van der Waals surface area contributed by atoms with E-state index in [1.165, 1.54) is 38.3 Å². The number of carbonyl (C=O) groups is 1. The van der Waals surface area contributed by atoms with Crippen molar-refractivity contribution in [1.82, 2.24) is 14.7 Å². The number of hydrogen-bond donors (Lipinski definition) is 0. The lowest BCUT2D eigenvalue weighted by Crippen LogP contribution is -2.64. The fourth-order valence-electron chi connectivity index (χ4n) is 6.58. The van der Waals surface area contributed by atoms with Gasteiger partial charge in [-0.1, -0.05) is 18.6 Å². The van der Waals surface area contributed by atoms with E-state index in [0.29, 0.717) is 36.4 Å². The fourth-order valence-corrected chi connectivity index (χ4v) is 6.58. The first-order valence-electron chi connectivity index (χ1n) is 11.7. The molecule has 4 fully saturated rings. The van der Waals surface area contributed by atoms with Gasteiger partial charge in [0.1, 0.15) is 5.82 Å². The van der Waals surface area contributed by atoms with Gasteiger partial charge in [0.2, 0.25) is 5.91 Å². The summed E-state index contributed by atoms with van der Waals surface area (Å²) in [6.07, 6.45) is 8.40. The summed E-state index contributed by atoms with van der Waals surface area (Å²) in [7, 11) is 0.